The zero-order valence-electron chi connectivity index (χ0n) is 19.0. The van der Waals surface area contributed by atoms with Crippen LogP contribution < -0.4 is 10.2 Å². The molecule has 164 valence electrons. The van der Waals surface area contributed by atoms with Gasteiger partial charge in [-0.25, -0.2) is 9.97 Å². The van der Waals surface area contributed by atoms with Gasteiger partial charge in [-0.15, -0.1) is 0 Å². The Morgan fingerprint density at radius 2 is 1.72 bits per heavy atom. The maximum absolute atomic E-state index is 4.78. The number of piperazine rings is 1. The smallest absolute Gasteiger partial charge is 0.227 e. The molecule has 0 atom stereocenters. The maximum Gasteiger partial charge on any atom is 0.227 e. The lowest BCUT2D eigenvalue weighted by Crippen LogP contribution is -2.44. The van der Waals surface area contributed by atoms with Crippen molar-refractivity contribution >= 4 is 23.5 Å². The van der Waals surface area contributed by atoms with E-state index in [2.05, 4.69) is 88.5 Å². The van der Waals surface area contributed by atoms with E-state index in [1.54, 1.807) is 0 Å². The normalized spacial score (nSPS) is 17.8. The van der Waals surface area contributed by atoms with E-state index < -0.39 is 0 Å². The zero-order chi connectivity index (χ0) is 22.1. The molecule has 2 aliphatic rings. The third kappa shape index (κ3) is 4.23. The molecule has 3 aromatic rings. The fourth-order valence-electron chi connectivity index (χ4n) is 4.40. The van der Waals surface area contributed by atoms with Crippen LogP contribution in [-0.2, 0) is 5.41 Å². The van der Waals surface area contributed by atoms with Crippen LogP contribution in [0.25, 0.3) is 11.3 Å². The summed E-state index contributed by atoms with van der Waals surface area (Å²) in [5, 5.41) is 3.36. The van der Waals surface area contributed by atoms with Crippen molar-refractivity contribution in [1.29, 1.82) is 0 Å². The fourth-order valence-corrected chi connectivity index (χ4v) is 4.40. The Bertz CT molecular complexity index is 1130. The summed E-state index contributed by atoms with van der Waals surface area (Å²) in [6.45, 7) is 9.64. The molecule has 6 heteroatoms. The van der Waals surface area contributed by atoms with E-state index in [0.29, 0.717) is 5.95 Å². The minimum atomic E-state index is 0.0275. The number of nitrogens with zero attached hydrogens (tertiary/aromatic N) is 5. The lowest BCUT2D eigenvalue weighted by atomic mass is 9.79. The lowest BCUT2D eigenvalue weighted by molar-refractivity contribution is 0.313. The predicted molar refractivity (Wildman–Crippen MR) is 132 cm³/mol. The molecule has 0 amide bonds. The van der Waals surface area contributed by atoms with Gasteiger partial charge in [0, 0.05) is 67.5 Å². The minimum absolute atomic E-state index is 0.0275. The molecule has 1 fully saturated rings. The van der Waals surface area contributed by atoms with Gasteiger partial charge in [0.25, 0.3) is 0 Å². The quantitative estimate of drug-likeness (QED) is 0.672. The van der Waals surface area contributed by atoms with E-state index in [1.807, 2.05) is 18.5 Å². The first kappa shape index (κ1) is 20.6. The number of aliphatic imine (C=N–C) groups is 1. The van der Waals surface area contributed by atoms with E-state index in [4.69, 9.17) is 4.98 Å². The highest BCUT2D eigenvalue weighted by Gasteiger charge is 2.26. The number of anilines is 3. The molecule has 0 aliphatic carbocycles. The topological polar surface area (TPSA) is 56.6 Å². The minimum Gasteiger partial charge on any atom is -0.369 e. The highest BCUT2D eigenvalue weighted by atomic mass is 15.2. The van der Waals surface area contributed by atoms with Gasteiger partial charge in [0.05, 0.1) is 5.69 Å². The molecule has 0 bridgehead atoms. The van der Waals surface area contributed by atoms with E-state index in [9.17, 15) is 0 Å². The number of benzene rings is 2. The van der Waals surface area contributed by atoms with Crippen molar-refractivity contribution < 1.29 is 0 Å². The first-order chi connectivity index (χ1) is 15.5. The molecule has 0 unspecified atom stereocenters. The van der Waals surface area contributed by atoms with Crippen LogP contribution in [0.3, 0.4) is 0 Å². The molecule has 6 nitrogen and oxygen atoms in total. The average Bonchev–Trinajstić information content (AvgIpc) is 2.80. The predicted octanol–water partition coefficient (Wildman–Crippen LogP) is 4.35. The average molecular weight is 427 g/mol. The first-order valence-electron chi connectivity index (χ1n) is 11.3. The van der Waals surface area contributed by atoms with Gasteiger partial charge < -0.3 is 15.1 Å². The number of hydrogen-bond acceptors (Lipinski definition) is 6. The second kappa shape index (κ2) is 8.36. The Morgan fingerprint density at radius 3 is 2.50 bits per heavy atom. The number of nitrogens with one attached hydrogen (secondary N) is 1. The van der Waals surface area contributed by atoms with Gasteiger partial charge in [-0.1, -0.05) is 26.0 Å². The lowest BCUT2D eigenvalue weighted by Gasteiger charge is -2.34. The molecule has 2 aromatic carbocycles. The fraction of sp³-hybridized carbons (Fsp3) is 0.346. The molecule has 1 aromatic heterocycles. The summed E-state index contributed by atoms with van der Waals surface area (Å²) < 4.78 is 0. The van der Waals surface area contributed by atoms with Crippen LogP contribution in [0.15, 0.2) is 59.7 Å². The molecule has 32 heavy (non-hydrogen) atoms. The van der Waals surface area contributed by atoms with Crippen LogP contribution in [0, 0.1) is 0 Å². The number of likely N-dealkylation sites (N-methyl/N-ethyl adjacent to an activating group) is 1. The van der Waals surface area contributed by atoms with E-state index in [1.165, 1.54) is 16.8 Å². The molecule has 1 N–H and O–H groups in total. The third-order valence-electron chi connectivity index (χ3n) is 6.44. The van der Waals surface area contributed by atoms with E-state index in [0.717, 1.165) is 49.7 Å². The van der Waals surface area contributed by atoms with Crippen LogP contribution in [0.2, 0.25) is 0 Å². The summed E-state index contributed by atoms with van der Waals surface area (Å²) in [6, 6.07) is 17.0. The highest BCUT2D eigenvalue weighted by molar-refractivity contribution is 5.85. The summed E-state index contributed by atoms with van der Waals surface area (Å²) in [6.07, 6.45) is 3.79. The molecular formula is C26H30N6. The molecule has 2 aliphatic heterocycles. The van der Waals surface area contributed by atoms with Gasteiger partial charge in [0.15, 0.2) is 0 Å². The number of rotatable bonds is 4. The Labute approximate surface area is 190 Å². The van der Waals surface area contributed by atoms with Crippen molar-refractivity contribution in [3.63, 3.8) is 0 Å². The summed E-state index contributed by atoms with van der Waals surface area (Å²) >= 11 is 0. The molecule has 0 spiro atoms. The van der Waals surface area contributed by atoms with Gasteiger partial charge in [-0.2, -0.15) is 0 Å². The van der Waals surface area contributed by atoms with Crippen LogP contribution in [0.5, 0.6) is 0 Å². The molecule has 0 radical (unpaired) electrons. The zero-order valence-corrected chi connectivity index (χ0v) is 19.0. The van der Waals surface area contributed by atoms with Crippen molar-refractivity contribution in [2.45, 2.75) is 19.3 Å². The molecule has 1 saturated heterocycles. The highest BCUT2D eigenvalue weighted by Crippen LogP contribution is 2.32. The maximum atomic E-state index is 4.78. The standard InChI is InChI=1S/C26H30N6/c1-26(2)18-27-17-20-5-4-19(16-23(20)26)24-10-11-28-25(30-24)29-21-6-8-22(9-7-21)32-14-12-31(3)13-15-32/h4-11,16-17H,12-15,18H2,1-3H3,(H,28,29,30). The van der Waals surface area contributed by atoms with Crippen LogP contribution >= 0.6 is 0 Å². The summed E-state index contributed by atoms with van der Waals surface area (Å²) in [5.74, 6) is 0.605. The van der Waals surface area contributed by atoms with Crippen molar-refractivity contribution in [3.8, 4) is 11.3 Å². The number of aromatic nitrogens is 2. The van der Waals surface area contributed by atoms with Gasteiger partial charge in [-0.3, -0.25) is 4.99 Å². The Morgan fingerprint density at radius 1 is 0.938 bits per heavy atom. The van der Waals surface area contributed by atoms with Gasteiger partial charge in [0.1, 0.15) is 0 Å². The van der Waals surface area contributed by atoms with Crippen LogP contribution in [0.4, 0.5) is 17.3 Å². The van der Waals surface area contributed by atoms with Crippen molar-refractivity contribution in [3.05, 3.63) is 65.9 Å². The van der Waals surface area contributed by atoms with Crippen LogP contribution in [-0.4, -0.2) is 60.9 Å². The second-order valence-electron chi connectivity index (χ2n) is 9.38. The van der Waals surface area contributed by atoms with Crippen LogP contribution in [0.1, 0.15) is 25.0 Å². The van der Waals surface area contributed by atoms with Gasteiger partial charge in [0.2, 0.25) is 5.95 Å². The van der Waals surface area contributed by atoms with E-state index in [-0.39, 0.29) is 5.41 Å². The SMILES string of the molecule is CN1CCN(c2ccc(Nc3nccc(-c4ccc5c(c4)C(C)(C)CN=C5)n3)cc2)CC1. The van der Waals surface area contributed by atoms with Gasteiger partial charge in [-0.05, 0) is 54.6 Å². The summed E-state index contributed by atoms with van der Waals surface area (Å²) in [5.41, 5.74) is 6.80. The van der Waals surface area contributed by atoms with Crippen molar-refractivity contribution in [2.24, 2.45) is 4.99 Å². The molecule has 5 rings (SSSR count). The summed E-state index contributed by atoms with van der Waals surface area (Å²) in [7, 11) is 2.18. The second-order valence-corrected chi connectivity index (χ2v) is 9.38. The first-order valence-corrected chi connectivity index (χ1v) is 11.3. The number of fused-ring (bicyclic) bond motifs is 1. The molecular weight excluding hydrogens is 396 g/mol. The van der Waals surface area contributed by atoms with E-state index >= 15 is 0 Å². The van der Waals surface area contributed by atoms with Crippen molar-refractivity contribution in [1.82, 2.24) is 14.9 Å². The monoisotopic (exact) mass is 426 g/mol. The molecule has 0 saturated carbocycles. The summed E-state index contributed by atoms with van der Waals surface area (Å²) in [4.78, 5) is 18.5. The van der Waals surface area contributed by atoms with Crippen molar-refractivity contribution in [2.75, 3.05) is 50.0 Å². The Kier molecular flexibility index (Phi) is 5.39. The largest absolute Gasteiger partial charge is 0.369 e. The Hall–Kier alpha value is -3.25. The number of hydrogen-bond donors (Lipinski definition) is 1. The molecule has 3 heterocycles. The third-order valence-corrected chi connectivity index (χ3v) is 6.44. The van der Waals surface area contributed by atoms with Gasteiger partial charge >= 0.3 is 0 Å². The Balaban J connectivity index is 1.33.